The van der Waals surface area contributed by atoms with Crippen LogP contribution in [0.3, 0.4) is 0 Å². The number of aryl methyl sites for hydroxylation is 1. The number of hydrogen-bond acceptors (Lipinski definition) is 2. The van der Waals surface area contributed by atoms with Crippen LogP contribution in [0.5, 0.6) is 0 Å². The van der Waals surface area contributed by atoms with E-state index in [1.54, 1.807) is 6.08 Å². The molecule has 0 N–H and O–H groups in total. The highest BCUT2D eigenvalue weighted by Crippen LogP contribution is 2.27. The lowest BCUT2D eigenvalue weighted by atomic mass is 10.3. The lowest BCUT2D eigenvalue weighted by molar-refractivity contribution is -0.112. The molecule has 0 aliphatic carbocycles. The molecule has 70 valence electrons. The van der Waals surface area contributed by atoms with E-state index in [-0.39, 0.29) is 11.7 Å². The van der Waals surface area contributed by atoms with Gasteiger partial charge < -0.3 is 0 Å². The molecule has 1 rings (SSSR count). The minimum atomic E-state index is -0.0937. The zero-order chi connectivity index (χ0) is 9.84. The first kappa shape index (κ1) is 10.8. The summed E-state index contributed by atoms with van der Waals surface area (Å²) >= 11 is 12.6. The lowest BCUT2D eigenvalue weighted by Crippen LogP contribution is -1.91. The van der Waals surface area contributed by atoms with Crippen molar-refractivity contribution in [2.75, 3.05) is 5.88 Å². The van der Waals surface area contributed by atoms with Crippen LogP contribution < -0.4 is 0 Å². The van der Waals surface area contributed by atoms with Gasteiger partial charge in [-0.25, -0.2) is 0 Å². The Bertz CT molecular complexity index is 322. The van der Waals surface area contributed by atoms with Gasteiger partial charge in [-0.05, 0) is 30.7 Å². The third-order valence-electron chi connectivity index (χ3n) is 1.44. The van der Waals surface area contributed by atoms with Gasteiger partial charge in [0.2, 0.25) is 0 Å². The van der Waals surface area contributed by atoms with Gasteiger partial charge in [-0.15, -0.1) is 22.9 Å². The molecule has 0 fully saturated rings. The first-order chi connectivity index (χ1) is 6.13. The van der Waals surface area contributed by atoms with E-state index in [4.69, 9.17) is 23.2 Å². The Morgan fingerprint density at radius 1 is 1.69 bits per heavy atom. The predicted molar refractivity (Wildman–Crippen MR) is 58.8 cm³/mol. The maximum Gasteiger partial charge on any atom is 0.170 e. The van der Waals surface area contributed by atoms with Crippen molar-refractivity contribution in [3.8, 4) is 0 Å². The van der Waals surface area contributed by atoms with E-state index >= 15 is 0 Å². The van der Waals surface area contributed by atoms with Gasteiger partial charge in [-0.1, -0.05) is 11.6 Å². The molecule has 1 aromatic rings. The van der Waals surface area contributed by atoms with Crippen molar-refractivity contribution in [2.45, 2.75) is 6.92 Å². The van der Waals surface area contributed by atoms with Crippen molar-refractivity contribution < 1.29 is 4.79 Å². The van der Waals surface area contributed by atoms with E-state index < -0.39 is 0 Å². The third kappa shape index (κ3) is 3.14. The summed E-state index contributed by atoms with van der Waals surface area (Å²) in [5.41, 5.74) is 1.03. The molecule has 0 atom stereocenters. The Morgan fingerprint density at radius 3 is 2.85 bits per heavy atom. The summed E-state index contributed by atoms with van der Waals surface area (Å²) in [6.07, 6.45) is 3.20. The molecule has 1 aromatic heterocycles. The number of allylic oxidation sites excluding steroid dienone is 1. The molecule has 0 aromatic carbocycles. The van der Waals surface area contributed by atoms with Gasteiger partial charge in [0, 0.05) is 4.88 Å². The van der Waals surface area contributed by atoms with Crippen LogP contribution in [0.4, 0.5) is 0 Å². The van der Waals surface area contributed by atoms with Crippen LogP contribution >= 0.6 is 34.5 Å². The van der Waals surface area contributed by atoms with Gasteiger partial charge in [0.1, 0.15) is 0 Å². The summed E-state index contributed by atoms with van der Waals surface area (Å²) in [5.74, 6) is -0.0713. The maximum atomic E-state index is 10.8. The highest BCUT2D eigenvalue weighted by atomic mass is 35.5. The second kappa shape index (κ2) is 4.80. The molecular formula is C9H8Cl2OS. The van der Waals surface area contributed by atoms with Crippen LogP contribution in [-0.4, -0.2) is 11.7 Å². The Balaban J connectivity index is 2.74. The van der Waals surface area contributed by atoms with Crippen molar-refractivity contribution in [3.63, 3.8) is 0 Å². The first-order valence-electron chi connectivity index (χ1n) is 3.66. The fourth-order valence-electron chi connectivity index (χ4n) is 0.785. The number of carbonyl (C=O) groups excluding carboxylic acids is 1. The summed E-state index contributed by atoms with van der Waals surface area (Å²) in [6.45, 7) is 1.93. The third-order valence-corrected chi connectivity index (χ3v) is 3.23. The normalized spacial score (nSPS) is 11.0. The van der Waals surface area contributed by atoms with Crippen molar-refractivity contribution >= 4 is 46.4 Å². The van der Waals surface area contributed by atoms with E-state index in [1.165, 1.54) is 17.4 Å². The fraction of sp³-hybridized carbons (Fsp3) is 0.222. The predicted octanol–water partition coefficient (Wildman–Crippen LogP) is 3.53. The fourth-order valence-corrected chi connectivity index (χ4v) is 1.99. The molecule has 0 unspecified atom stereocenters. The summed E-state index contributed by atoms with van der Waals surface area (Å²) < 4.78 is 0.762. The zero-order valence-electron chi connectivity index (χ0n) is 7.01. The monoisotopic (exact) mass is 234 g/mol. The molecule has 13 heavy (non-hydrogen) atoms. The first-order valence-corrected chi connectivity index (χ1v) is 5.39. The number of hydrogen-bond donors (Lipinski definition) is 0. The van der Waals surface area contributed by atoms with Crippen LogP contribution in [-0.2, 0) is 4.79 Å². The highest BCUT2D eigenvalue weighted by Gasteiger charge is 2.00. The molecule has 0 radical (unpaired) electrons. The Hall–Kier alpha value is -0.310. The van der Waals surface area contributed by atoms with Crippen LogP contribution in [0.15, 0.2) is 12.1 Å². The molecule has 0 bridgehead atoms. The second-order valence-electron chi connectivity index (χ2n) is 2.54. The zero-order valence-corrected chi connectivity index (χ0v) is 9.34. The minimum absolute atomic E-state index is 0.0224. The number of rotatable bonds is 3. The van der Waals surface area contributed by atoms with Gasteiger partial charge >= 0.3 is 0 Å². The average Bonchev–Trinajstić information content (AvgIpc) is 2.42. The van der Waals surface area contributed by atoms with Crippen LogP contribution in [0, 0.1) is 6.92 Å². The van der Waals surface area contributed by atoms with E-state index in [9.17, 15) is 4.79 Å². The van der Waals surface area contributed by atoms with Gasteiger partial charge in [0.15, 0.2) is 5.78 Å². The maximum absolute atomic E-state index is 10.8. The van der Waals surface area contributed by atoms with E-state index in [0.717, 1.165) is 14.8 Å². The summed E-state index contributed by atoms with van der Waals surface area (Å²) in [5, 5.41) is 0. The van der Waals surface area contributed by atoms with E-state index in [1.807, 2.05) is 13.0 Å². The van der Waals surface area contributed by atoms with Gasteiger partial charge in [0.25, 0.3) is 0 Å². The number of ketones is 1. The molecule has 4 heteroatoms. The SMILES string of the molecule is Cc1cc(/C=C/C(=O)CCl)sc1Cl. The summed E-state index contributed by atoms with van der Waals surface area (Å²) in [7, 11) is 0. The molecule has 1 nitrogen and oxygen atoms in total. The van der Waals surface area contributed by atoms with Gasteiger partial charge in [-0.2, -0.15) is 0 Å². The highest BCUT2D eigenvalue weighted by molar-refractivity contribution is 7.17. The lowest BCUT2D eigenvalue weighted by Gasteiger charge is -1.82. The Kier molecular flexibility index (Phi) is 3.97. The second-order valence-corrected chi connectivity index (χ2v) is 4.49. The van der Waals surface area contributed by atoms with Crippen molar-refractivity contribution in [3.05, 3.63) is 26.9 Å². The van der Waals surface area contributed by atoms with Crippen molar-refractivity contribution in [1.82, 2.24) is 0 Å². The van der Waals surface area contributed by atoms with Gasteiger partial charge in [-0.3, -0.25) is 4.79 Å². The van der Waals surface area contributed by atoms with E-state index in [2.05, 4.69) is 0 Å². The Labute approximate surface area is 91.0 Å². The van der Waals surface area contributed by atoms with Crippen molar-refractivity contribution in [2.24, 2.45) is 0 Å². The molecule has 0 saturated heterocycles. The van der Waals surface area contributed by atoms with Crippen LogP contribution in [0.1, 0.15) is 10.4 Å². The smallest absolute Gasteiger partial charge is 0.170 e. The topological polar surface area (TPSA) is 17.1 Å². The number of carbonyl (C=O) groups is 1. The summed E-state index contributed by atoms with van der Waals surface area (Å²) in [4.78, 5) is 11.8. The molecule has 1 heterocycles. The van der Waals surface area contributed by atoms with Crippen molar-refractivity contribution in [1.29, 1.82) is 0 Å². The van der Waals surface area contributed by atoms with Crippen LogP contribution in [0.25, 0.3) is 6.08 Å². The minimum Gasteiger partial charge on any atom is -0.294 e. The summed E-state index contributed by atoms with van der Waals surface area (Å²) in [6, 6.07) is 1.94. The quantitative estimate of drug-likeness (QED) is 0.578. The molecule has 0 spiro atoms. The molecule has 0 amide bonds. The molecule has 0 saturated carbocycles. The number of alkyl halides is 1. The van der Waals surface area contributed by atoms with Gasteiger partial charge in [0.05, 0.1) is 10.2 Å². The molecule has 0 aliphatic rings. The number of thiophene rings is 1. The largest absolute Gasteiger partial charge is 0.294 e. The molecule has 0 aliphatic heterocycles. The standard InChI is InChI=1S/C9H8Cl2OS/c1-6-4-8(13-9(6)11)3-2-7(12)5-10/h2-4H,5H2,1H3/b3-2+. The van der Waals surface area contributed by atoms with Crippen LogP contribution in [0.2, 0.25) is 4.34 Å². The average molecular weight is 235 g/mol. The number of halogens is 2. The molecular weight excluding hydrogens is 227 g/mol. The van der Waals surface area contributed by atoms with E-state index in [0.29, 0.717) is 0 Å². The Morgan fingerprint density at radius 2 is 2.38 bits per heavy atom.